The molecule has 6 nitrogen and oxygen atoms in total. The van der Waals surface area contributed by atoms with Crippen LogP contribution in [-0.4, -0.2) is 55.7 Å². The van der Waals surface area contributed by atoms with Gasteiger partial charge in [-0.2, -0.15) is 0 Å². The summed E-state index contributed by atoms with van der Waals surface area (Å²) in [6, 6.07) is 7.14. The highest BCUT2D eigenvalue weighted by molar-refractivity contribution is 5.96. The lowest BCUT2D eigenvalue weighted by Gasteiger charge is -2.31. The number of anilines is 1. The maximum atomic E-state index is 12.8. The van der Waals surface area contributed by atoms with Crippen molar-refractivity contribution in [2.75, 3.05) is 32.6 Å². The number of carbonyl (C=O) groups is 2. The maximum Gasteiger partial charge on any atom is 0.326 e. The fourth-order valence-electron chi connectivity index (χ4n) is 2.78. The second-order valence-electron chi connectivity index (χ2n) is 5.80. The van der Waals surface area contributed by atoms with Gasteiger partial charge in [-0.25, -0.2) is 4.79 Å². The van der Waals surface area contributed by atoms with Gasteiger partial charge in [0, 0.05) is 19.8 Å². The van der Waals surface area contributed by atoms with E-state index < -0.39 is 0 Å². The number of methoxy groups -OCH3 is 1. The fraction of sp³-hybridized carbons (Fsp3) is 0.529. The van der Waals surface area contributed by atoms with E-state index in [1.54, 1.807) is 35.9 Å². The molecule has 1 aromatic rings. The van der Waals surface area contributed by atoms with Crippen LogP contribution >= 0.6 is 0 Å². The molecular weight excluding hydrogens is 294 g/mol. The average molecular weight is 319 g/mol. The highest BCUT2D eigenvalue weighted by Gasteiger charge is 2.39. The maximum absolute atomic E-state index is 12.8. The molecular formula is C17H25N3O3. The van der Waals surface area contributed by atoms with Gasteiger partial charge in [0.05, 0.1) is 7.11 Å². The van der Waals surface area contributed by atoms with Crippen LogP contribution in [0.1, 0.15) is 26.2 Å². The van der Waals surface area contributed by atoms with Crippen molar-refractivity contribution in [2.24, 2.45) is 0 Å². The molecule has 0 spiro atoms. The number of urea groups is 1. The molecule has 1 aromatic carbocycles. The molecule has 0 aliphatic carbocycles. The van der Waals surface area contributed by atoms with Gasteiger partial charge in [-0.1, -0.05) is 13.3 Å². The molecule has 0 N–H and O–H groups in total. The first-order valence-electron chi connectivity index (χ1n) is 7.93. The number of hydrogen-bond acceptors (Lipinski definition) is 3. The second-order valence-corrected chi connectivity index (χ2v) is 5.80. The van der Waals surface area contributed by atoms with Crippen LogP contribution in [-0.2, 0) is 4.79 Å². The number of likely N-dealkylation sites (N-methyl/N-ethyl adjacent to an activating group) is 1. The Balaban J connectivity index is 2.14. The van der Waals surface area contributed by atoms with Crippen LogP contribution in [0.3, 0.4) is 0 Å². The number of rotatable bonds is 5. The Morgan fingerprint density at radius 3 is 2.57 bits per heavy atom. The van der Waals surface area contributed by atoms with E-state index in [2.05, 4.69) is 6.92 Å². The van der Waals surface area contributed by atoms with Gasteiger partial charge < -0.3 is 9.64 Å². The third kappa shape index (κ3) is 3.57. The summed E-state index contributed by atoms with van der Waals surface area (Å²) in [5.41, 5.74) is 0.770. The fourth-order valence-corrected chi connectivity index (χ4v) is 2.78. The third-order valence-electron chi connectivity index (χ3n) is 4.31. The highest BCUT2D eigenvalue weighted by atomic mass is 16.5. The number of carbonyl (C=O) groups excluding carboxylic acids is 2. The molecule has 6 heteroatoms. The Labute approximate surface area is 137 Å². The predicted octanol–water partition coefficient (Wildman–Crippen LogP) is 2.54. The Bertz CT molecular complexity index is 559. The van der Waals surface area contributed by atoms with E-state index in [-0.39, 0.29) is 24.6 Å². The molecule has 0 unspecified atom stereocenters. The average Bonchev–Trinajstić information content (AvgIpc) is 2.86. The second kappa shape index (κ2) is 7.35. The lowest BCUT2D eigenvalue weighted by atomic mass is 10.2. The SMILES string of the molecule is CCCC[C@H]1N(C)C(=O)CN1C(=O)N(C)c1ccc(OC)cc1. The number of benzene rings is 1. The molecule has 0 radical (unpaired) electrons. The van der Waals surface area contributed by atoms with Crippen LogP contribution in [0.4, 0.5) is 10.5 Å². The van der Waals surface area contributed by atoms with Crippen molar-refractivity contribution in [3.05, 3.63) is 24.3 Å². The summed E-state index contributed by atoms with van der Waals surface area (Å²) >= 11 is 0. The molecule has 1 saturated heterocycles. The van der Waals surface area contributed by atoms with Gasteiger partial charge >= 0.3 is 6.03 Å². The van der Waals surface area contributed by atoms with Crippen LogP contribution in [0.5, 0.6) is 5.75 Å². The van der Waals surface area contributed by atoms with E-state index in [4.69, 9.17) is 4.74 Å². The largest absolute Gasteiger partial charge is 0.497 e. The molecule has 0 aromatic heterocycles. The van der Waals surface area contributed by atoms with E-state index in [0.29, 0.717) is 0 Å². The molecule has 0 saturated carbocycles. The third-order valence-corrected chi connectivity index (χ3v) is 4.31. The summed E-state index contributed by atoms with van der Waals surface area (Å²) in [5, 5.41) is 0. The van der Waals surface area contributed by atoms with Crippen LogP contribution in [0, 0.1) is 0 Å². The number of nitrogens with zero attached hydrogens (tertiary/aromatic N) is 3. The van der Waals surface area contributed by atoms with Gasteiger partial charge in [-0.05, 0) is 37.1 Å². The van der Waals surface area contributed by atoms with Crippen LogP contribution in [0.25, 0.3) is 0 Å². The standard InChI is InChI=1S/C17H25N3O3/c1-5-6-7-15-19(3)16(21)12-20(15)17(22)18(2)13-8-10-14(23-4)11-9-13/h8-11,15H,5-7,12H2,1-4H3/t15-/m0/s1. The van der Waals surface area contributed by atoms with Crippen molar-refractivity contribution in [2.45, 2.75) is 32.4 Å². The quantitative estimate of drug-likeness (QED) is 0.838. The van der Waals surface area contributed by atoms with E-state index in [0.717, 1.165) is 30.7 Å². The molecule has 0 bridgehead atoms. The normalized spacial score (nSPS) is 17.6. The minimum atomic E-state index is -0.158. The van der Waals surface area contributed by atoms with Gasteiger partial charge in [-0.3, -0.25) is 14.6 Å². The zero-order valence-corrected chi connectivity index (χ0v) is 14.3. The van der Waals surface area contributed by atoms with E-state index in [1.165, 1.54) is 0 Å². The Morgan fingerprint density at radius 2 is 2.00 bits per heavy atom. The highest BCUT2D eigenvalue weighted by Crippen LogP contribution is 2.24. The first-order chi connectivity index (χ1) is 11.0. The topological polar surface area (TPSA) is 53.1 Å². The van der Waals surface area contributed by atoms with Crippen molar-refractivity contribution < 1.29 is 14.3 Å². The summed E-state index contributed by atoms with van der Waals surface area (Å²) in [4.78, 5) is 29.7. The molecule has 1 heterocycles. The van der Waals surface area contributed by atoms with Gasteiger partial charge in [0.25, 0.3) is 0 Å². The zero-order chi connectivity index (χ0) is 17.0. The van der Waals surface area contributed by atoms with Crippen molar-refractivity contribution in [3.8, 4) is 5.75 Å². The summed E-state index contributed by atoms with van der Waals surface area (Å²) in [7, 11) is 5.10. The minimum absolute atomic E-state index is 0.0115. The molecule has 1 aliphatic heterocycles. The number of hydrogen-bond donors (Lipinski definition) is 0. The molecule has 1 fully saturated rings. The number of amides is 3. The molecule has 2 rings (SSSR count). The van der Waals surface area contributed by atoms with Gasteiger partial charge in [0.15, 0.2) is 0 Å². The van der Waals surface area contributed by atoms with Crippen LogP contribution in [0.2, 0.25) is 0 Å². The smallest absolute Gasteiger partial charge is 0.326 e. The van der Waals surface area contributed by atoms with Crippen molar-refractivity contribution >= 4 is 17.6 Å². The minimum Gasteiger partial charge on any atom is -0.497 e. The predicted molar refractivity (Wildman–Crippen MR) is 89.6 cm³/mol. The first-order valence-corrected chi connectivity index (χ1v) is 7.93. The summed E-state index contributed by atoms with van der Waals surface area (Å²) < 4.78 is 5.13. The summed E-state index contributed by atoms with van der Waals surface area (Å²) in [5.74, 6) is 0.731. The van der Waals surface area contributed by atoms with Crippen molar-refractivity contribution in [1.82, 2.24) is 9.80 Å². The molecule has 1 aliphatic rings. The summed E-state index contributed by atoms with van der Waals surface area (Å²) in [6.07, 6.45) is 2.67. The Morgan fingerprint density at radius 1 is 1.35 bits per heavy atom. The van der Waals surface area contributed by atoms with E-state index in [9.17, 15) is 9.59 Å². The first kappa shape index (κ1) is 17.1. The molecule has 126 valence electrons. The van der Waals surface area contributed by atoms with E-state index in [1.807, 2.05) is 24.3 Å². The molecule has 1 atom stereocenters. The van der Waals surface area contributed by atoms with Crippen LogP contribution in [0.15, 0.2) is 24.3 Å². The molecule has 3 amide bonds. The number of ether oxygens (including phenoxy) is 1. The lowest BCUT2D eigenvalue weighted by Crippen LogP contribution is -2.46. The van der Waals surface area contributed by atoms with Gasteiger partial charge in [0.1, 0.15) is 18.5 Å². The van der Waals surface area contributed by atoms with Gasteiger partial charge in [-0.15, -0.1) is 0 Å². The van der Waals surface area contributed by atoms with Crippen molar-refractivity contribution in [3.63, 3.8) is 0 Å². The Kier molecular flexibility index (Phi) is 5.47. The molecule has 23 heavy (non-hydrogen) atoms. The Hall–Kier alpha value is -2.24. The number of unbranched alkanes of at least 4 members (excludes halogenated alkanes) is 1. The zero-order valence-electron chi connectivity index (χ0n) is 14.3. The van der Waals surface area contributed by atoms with Gasteiger partial charge in [0.2, 0.25) is 5.91 Å². The van der Waals surface area contributed by atoms with E-state index >= 15 is 0 Å². The lowest BCUT2D eigenvalue weighted by molar-refractivity contribution is -0.126. The van der Waals surface area contributed by atoms with Crippen molar-refractivity contribution in [1.29, 1.82) is 0 Å². The van der Waals surface area contributed by atoms with Crippen LogP contribution < -0.4 is 9.64 Å². The summed E-state index contributed by atoms with van der Waals surface area (Å²) in [6.45, 7) is 2.25. The monoisotopic (exact) mass is 319 g/mol.